The molecule has 0 aromatic heterocycles. The van der Waals surface area contributed by atoms with Crippen molar-refractivity contribution in [3.63, 3.8) is 0 Å². The fourth-order valence-corrected chi connectivity index (χ4v) is 1.76. The number of hydrogen-bond acceptors (Lipinski definition) is 2. The Bertz CT molecular complexity index is 308. The van der Waals surface area contributed by atoms with Crippen molar-refractivity contribution in [2.24, 2.45) is 0 Å². The van der Waals surface area contributed by atoms with E-state index in [1.54, 1.807) is 0 Å². The second-order valence-electron chi connectivity index (χ2n) is 4.53. The highest BCUT2D eigenvalue weighted by Crippen LogP contribution is 2.07. The molecule has 2 heteroatoms. The number of benzene rings is 1. The van der Waals surface area contributed by atoms with Crippen LogP contribution in [0.25, 0.3) is 0 Å². The molecule has 1 aromatic rings. The quantitative estimate of drug-likeness (QED) is 0.547. The topological polar surface area (TPSA) is 15.3 Å². The Labute approximate surface area is 105 Å². The third kappa shape index (κ3) is 5.66. The maximum atomic E-state index is 3.70. The zero-order valence-corrected chi connectivity index (χ0v) is 11.0. The van der Waals surface area contributed by atoms with Crippen molar-refractivity contribution in [3.8, 4) is 0 Å². The number of nitrogens with zero attached hydrogens (tertiary/aromatic N) is 1. The molecule has 0 heterocycles. The lowest BCUT2D eigenvalue weighted by Gasteiger charge is -2.24. The Hall–Kier alpha value is -1.12. The molecule has 17 heavy (non-hydrogen) atoms. The molecule has 0 radical (unpaired) electrons. The smallest absolute Gasteiger partial charge is 0.0233 e. The molecule has 1 unspecified atom stereocenters. The van der Waals surface area contributed by atoms with Gasteiger partial charge >= 0.3 is 0 Å². The van der Waals surface area contributed by atoms with E-state index in [1.165, 1.54) is 5.56 Å². The summed E-state index contributed by atoms with van der Waals surface area (Å²) in [5, 5.41) is 3.34. The summed E-state index contributed by atoms with van der Waals surface area (Å²) in [4.78, 5) is 2.39. The molecule has 0 aliphatic heterocycles. The number of rotatable bonds is 8. The molecule has 0 spiro atoms. The van der Waals surface area contributed by atoms with E-state index in [0.717, 1.165) is 26.1 Å². The van der Waals surface area contributed by atoms with E-state index >= 15 is 0 Å². The summed E-state index contributed by atoms with van der Waals surface area (Å²) in [6.07, 6.45) is 3.07. The van der Waals surface area contributed by atoms with Crippen molar-refractivity contribution >= 4 is 0 Å². The third-order valence-electron chi connectivity index (χ3n) is 3.05. The normalized spacial score (nSPS) is 12.6. The van der Waals surface area contributed by atoms with Gasteiger partial charge in [-0.3, -0.25) is 4.90 Å². The molecule has 0 saturated heterocycles. The Morgan fingerprint density at radius 3 is 2.71 bits per heavy atom. The van der Waals surface area contributed by atoms with E-state index < -0.39 is 0 Å². The SMILES string of the molecule is C=CCNCCC(C)N(C)Cc1ccccc1. The van der Waals surface area contributed by atoms with Gasteiger partial charge in [-0.05, 0) is 32.5 Å². The van der Waals surface area contributed by atoms with Crippen LogP contribution in [0.5, 0.6) is 0 Å². The third-order valence-corrected chi connectivity index (χ3v) is 3.05. The highest BCUT2D eigenvalue weighted by atomic mass is 15.1. The van der Waals surface area contributed by atoms with Crippen LogP contribution in [0.2, 0.25) is 0 Å². The predicted octanol–water partition coefficient (Wildman–Crippen LogP) is 2.67. The highest BCUT2D eigenvalue weighted by molar-refractivity contribution is 5.14. The lowest BCUT2D eigenvalue weighted by Crippen LogP contribution is -2.31. The summed E-state index contributed by atoms with van der Waals surface area (Å²) in [6.45, 7) is 8.93. The second kappa shape index (κ2) is 8.04. The standard InChI is InChI=1S/C15H24N2/c1-4-11-16-12-10-14(2)17(3)13-15-8-6-5-7-9-15/h4-9,14,16H,1,10-13H2,2-3H3. The summed E-state index contributed by atoms with van der Waals surface area (Å²) in [5.41, 5.74) is 1.38. The minimum absolute atomic E-state index is 0.590. The Kier molecular flexibility index (Phi) is 6.60. The van der Waals surface area contributed by atoms with E-state index in [1.807, 2.05) is 6.08 Å². The molecule has 0 saturated carbocycles. The maximum Gasteiger partial charge on any atom is 0.0233 e. The van der Waals surface area contributed by atoms with Gasteiger partial charge in [0.05, 0.1) is 0 Å². The maximum absolute atomic E-state index is 3.70. The number of nitrogens with one attached hydrogen (secondary N) is 1. The summed E-state index contributed by atoms with van der Waals surface area (Å²) in [6, 6.07) is 11.2. The van der Waals surface area contributed by atoms with Crippen LogP contribution in [0.1, 0.15) is 18.9 Å². The van der Waals surface area contributed by atoms with Crippen molar-refractivity contribution in [1.29, 1.82) is 0 Å². The number of hydrogen-bond donors (Lipinski definition) is 1. The van der Waals surface area contributed by atoms with Crippen LogP contribution < -0.4 is 5.32 Å². The van der Waals surface area contributed by atoms with Crippen molar-refractivity contribution in [1.82, 2.24) is 10.2 Å². The molecule has 1 atom stereocenters. The van der Waals surface area contributed by atoms with Gasteiger partial charge in [-0.15, -0.1) is 6.58 Å². The van der Waals surface area contributed by atoms with Crippen LogP contribution in [0.3, 0.4) is 0 Å². The van der Waals surface area contributed by atoms with Crippen molar-refractivity contribution < 1.29 is 0 Å². The average Bonchev–Trinajstić information content (AvgIpc) is 2.35. The first-order valence-corrected chi connectivity index (χ1v) is 6.30. The van der Waals surface area contributed by atoms with Crippen LogP contribution in [0.15, 0.2) is 43.0 Å². The van der Waals surface area contributed by atoms with E-state index in [4.69, 9.17) is 0 Å². The molecular weight excluding hydrogens is 208 g/mol. The minimum atomic E-state index is 0.590. The molecular formula is C15H24N2. The molecule has 0 amide bonds. The van der Waals surface area contributed by atoms with E-state index in [9.17, 15) is 0 Å². The molecule has 0 bridgehead atoms. The monoisotopic (exact) mass is 232 g/mol. The fourth-order valence-electron chi connectivity index (χ4n) is 1.76. The van der Waals surface area contributed by atoms with Crippen LogP contribution in [0.4, 0.5) is 0 Å². The summed E-state index contributed by atoms with van der Waals surface area (Å²) >= 11 is 0. The van der Waals surface area contributed by atoms with E-state index in [0.29, 0.717) is 6.04 Å². The molecule has 1 aromatic carbocycles. The van der Waals surface area contributed by atoms with Crippen LogP contribution in [-0.2, 0) is 6.54 Å². The average molecular weight is 232 g/mol. The minimum Gasteiger partial charge on any atom is -0.313 e. The summed E-state index contributed by atoms with van der Waals surface area (Å²) in [7, 11) is 2.19. The van der Waals surface area contributed by atoms with Gasteiger partial charge in [0, 0.05) is 19.1 Å². The van der Waals surface area contributed by atoms with Gasteiger partial charge < -0.3 is 5.32 Å². The van der Waals surface area contributed by atoms with Crippen molar-refractivity contribution in [2.75, 3.05) is 20.1 Å². The van der Waals surface area contributed by atoms with Crippen molar-refractivity contribution in [2.45, 2.75) is 25.9 Å². The lowest BCUT2D eigenvalue weighted by molar-refractivity contribution is 0.237. The van der Waals surface area contributed by atoms with Gasteiger partial charge in [0.1, 0.15) is 0 Å². The Morgan fingerprint density at radius 1 is 1.35 bits per heavy atom. The highest BCUT2D eigenvalue weighted by Gasteiger charge is 2.08. The Morgan fingerprint density at radius 2 is 2.06 bits per heavy atom. The molecule has 0 aliphatic rings. The van der Waals surface area contributed by atoms with Gasteiger partial charge in [-0.1, -0.05) is 36.4 Å². The largest absolute Gasteiger partial charge is 0.313 e. The van der Waals surface area contributed by atoms with Crippen molar-refractivity contribution in [3.05, 3.63) is 48.6 Å². The molecule has 94 valence electrons. The zero-order valence-electron chi connectivity index (χ0n) is 11.0. The van der Waals surface area contributed by atoms with Crippen LogP contribution >= 0.6 is 0 Å². The molecule has 2 nitrogen and oxygen atoms in total. The summed E-state index contributed by atoms with van der Waals surface area (Å²) < 4.78 is 0. The molecule has 0 aliphatic carbocycles. The Balaban J connectivity index is 2.27. The van der Waals surface area contributed by atoms with Gasteiger partial charge in [0.15, 0.2) is 0 Å². The van der Waals surface area contributed by atoms with Gasteiger partial charge in [0.25, 0.3) is 0 Å². The first-order chi connectivity index (χ1) is 8.24. The van der Waals surface area contributed by atoms with Gasteiger partial charge in [-0.2, -0.15) is 0 Å². The van der Waals surface area contributed by atoms with Gasteiger partial charge in [0.2, 0.25) is 0 Å². The predicted molar refractivity (Wildman–Crippen MR) is 75.1 cm³/mol. The zero-order chi connectivity index (χ0) is 12.5. The first kappa shape index (κ1) is 13.9. The van der Waals surface area contributed by atoms with E-state index in [-0.39, 0.29) is 0 Å². The molecule has 0 fully saturated rings. The summed E-state index contributed by atoms with van der Waals surface area (Å²) in [5.74, 6) is 0. The van der Waals surface area contributed by atoms with Crippen LogP contribution in [-0.4, -0.2) is 31.1 Å². The van der Waals surface area contributed by atoms with Gasteiger partial charge in [-0.25, -0.2) is 0 Å². The fraction of sp³-hybridized carbons (Fsp3) is 0.467. The molecule has 1 rings (SSSR count). The van der Waals surface area contributed by atoms with Crippen LogP contribution in [0, 0.1) is 0 Å². The second-order valence-corrected chi connectivity index (χ2v) is 4.53. The van der Waals surface area contributed by atoms with E-state index in [2.05, 4.69) is 61.1 Å². The molecule has 1 N–H and O–H groups in total. The first-order valence-electron chi connectivity index (χ1n) is 6.30. The lowest BCUT2D eigenvalue weighted by atomic mass is 10.1.